The first-order chi connectivity index (χ1) is 9.63. The molecular formula is C14H16N2O4. The van der Waals surface area contributed by atoms with Crippen molar-refractivity contribution in [2.75, 3.05) is 32.3 Å². The maximum Gasteiger partial charge on any atom is 0.331 e. The fourth-order valence-corrected chi connectivity index (χ4v) is 2.71. The van der Waals surface area contributed by atoms with Crippen molar-refractivity contribution < 1.29 is 19.1 Å². The summed E-state index contributed by atoms with van der Waals surface area (Å²) in [6, 6.07) is 6.45. The Morgan fingerprint density at radius 1 is 1.30 bits per heavy atom. The first-order valence-corrected chi connectivity index (χ1v) is 6.46. The second-order valence-electron chi connectivity index (χ2n) is 4.98. The molecule has 6 heteroatoms. The van der Waals surface area contributed by atoms with Crippen LogP contribution in [0.5, 0.6) is 5.75 Å². The molecule has 2 aliphatic rings. The molecule has 3 amide bonds. The smallest absolute Gasteiger partial charge is 0.331 e. The highest BCUT2D eigenvalue weighted by molar-refractivity contribution is 6.17. The van der Waals surface area contributed by atoms with E-state index in [0.29, 0.717) is 24.7 Å². The first kappa shape index (κ1) is 12.9. The predicted molar refractivity (Wildman–Crippen MR) is 71.7 cm³/mol. The Balaban J connectivity index is 1.98. The minimum absolute atomic E-state index is 0.156. The van der Waals surface area contributed by atoms with Crippen molar-refractivity contribution in [3.05, 3.63) is 24.3 Å². The van der Waals surface area contributed by atoms with Gasteiger partial charge in [-0.25, -0.2) is 9.69 Å². The van der Waals surface area contributed by atoms with Gasteiger partial charge in [0.2, 0.25) is 5.91 Å². The van der Waals surface area contributed by atoms with Crippen LogP contribution in [0, 0.1) is 5.92 Å². The predicted octanol–water partition coefficient (Wildman–Crippen LogP) is 1.11. The molecule has 0 aliphatic carbocycles. The summed E-state index contributed by atoms with van der Waals surface area (Å²) >= 11 is 0. The molecule has 6 nitrogen and oxygen atoms in total. The summed E-state index contributed by atoms with van der Waals surface area (Å²) < 4.78 is 10.5. The van der Waals surface area contributed by atoms with E-state index in [9.17, 15) is 9.59 Å². The summed E-state index contributed by atoms with van der Waals surface area (Å²) in [7, 11) is 3.25. The van der Waals surface area contributed by atoms with Gasteiger partial charge in [0.05, 0.1) is 38.0 Å². The van der Waals surface area contributed by atoms with Crippen molar-refractivity contribution in [3.63, 3.8) is 0 Å². The van der Waals surface area contributed by atoms with Crippen molar-refractivity contribution in [3.8, 4) is 5.75 Å². The lowest BCUT2D eigenvalue weighted by molar-refractivity contribution is -0.124. The number of nitrogens with zero attached hydrogens (tertiary/aromatic N) is 2. The van der Waals surface area contributed by atoms with Crippen LogP contribution in [0.3, 0.4) is 0 Å². The molecular weight excluding hydrogens is 260 g/mol. The average molecular weight is 276 g/mol. The van der Waals surface area contributed by atoms with Crippen LogP contribution in [0.25, 0.3) is 0 Å². The van der Waals surface area contributed by atoms with Gasteiger partial charge in [-0.05, 0) is 12.1 Å². The number of hydrogen-bond donors (Lipinski definition) is 0. The molecule has 0 saturated carbocycles. The zero-order chi connectivity index (χ0) is 14.3. The molecule has 0 bridgehead atoms. The fraction of sp³-hybridized carbons (Fsp3) is 0.429. The molecule has 2 aliphatic heterocycles. The van der Waals surface area contributed by atoms with E-state index in [1.807, 2.05) is 0 Å². The quantitative estimate of drug-likeness (QED) is 0.812. The lowest BCUT2D eigenvalue weighted by atomic mass is 9.98. The Hall–Kier alpha value is -2.08. The monoisotopic (exact) mass is 276 g/mol. The molecule has 3 rings (SSSR count). The third-order valence-electron chi connectivity index (χ3n) is 3.89. The zero-order valence-corrected chi connectivity index (χ0v) is 11.4. The minimum Gasteiger partial charge on any atom is -0.497 e. The number of imide groups is 1. The number of likely N-dealkylation sites (N-methyl/N-ethyl adjacent to an activating group) is 1. The van der Waals surface area contributed by atoms with Crippen LogP contribution in [0.15, 0.2) is 24.3 Å². The molecule has 2 saturated heterocycles. The number of hydrogen-bond acceptors (Lipinski definition) is 4. The molecule has 0 aromatic heterocycles. The van der Waals surface area contributed by atoms with E-state index < -0.39 is 0 Å². The normalized spacial score (nSPS) is 25.9. The minimum atomic E-state index is -0.324. The highest BCUT2D eigenvalue weighted by Gasteiger charge is 2.48. The lowest BCUT2D eigenvalue weighted by Gasteiger charge is -2.38. The summed E-state index contributed by atoms with van der Waals surface area (Å²) in [6.45, 7) is 0.784. The molecule has 20 heavy (non-hydrogen) atoms. The van der Waals surface area contributed by atoms with Gasteiger partial charge in [-0.3, -0.25) is 4.79 Å². The topological polar surface area (TPSA) is 59.1 Å². The lowest BCUT2D eigenvalue weighted by Crippen LogP contribution is -2.60. The Morgan fingerprint density at radius 2 is 2.10 bits per heavy atom. The van der Waals surface area contributed by atoms with E-state index in [1.165, 1.54) is 4.90 Å². The second-order valence-corrected chi connectivity index (χ2v) is 4.98. The average Bonchev–Trinajstić information content (AvgIpc) is 2.95. The number of carbonyl (C=O) groups excluding carboxylic acids is 2. The third kappa shape index (κ3) is 1.84. The van der Waals surface area contributed by atoms with E-state index in [4.69, 9.17) is 9.47 Å². The van der Waals surface area contributed by atoms with Crippen molar-refractivity contribution in [2.45, 2.75) is 6.04 Å². The number of methoxy groups -OCH3 is 1. The number of fused-ring (bicyclic) bond motifs is 1. The summed E-state index contributed by atoms with van der Waals surface area (Å²) in [5, 5.41) is 0. The molecule has 1 aromatic rings. The Kier molecular flexibility index (Phi) is 3.10. The van der Waals surface area contributed by atoms with Gasteiger partial charge in [0.1, 0.15) is 5.75 Å². The fourth-order valence-electron chi connectivity index (χ4n) is 2.71. The van der Waals surface area contributed by atoms with Gasteiger partial charge in [0.25, 0.3) is 0 Å². The first-order valence-electron chi connectivity index (χ1n) is 6.46. The Morgan fingerprint density at radius 3 is 2.85 bits per heavy atom. The van der Waals surface area contributed by atoms with Crippen LogP contribution in [0.2, 0.25) is 0 Å². The van der Waals surface area contributed by atoms with Crippen molar-refractivity contribution in [1.82, 2.24) is 4.90 Å². The number of anilines is 1. The van der Waals surface area contributed by atoms with Gasteiger partial charge in [-0.2, -0.15) is 0 Å². The van der Waals surface area contributed by atoms with Crippen molar-refractivity contribution in [1.29, 1.82) is 0 Å². The summed E-state index contributed by atoms with van der Waals surface area (Å²) in [5.74, 6) is 0.114. The van der Waals surface area contributed by atoms with E-state index in [2.05, 4.69) is 0 Å². The van der Waals surface area contributed by atoms with E-state index in [1.54, 1.807) is 43.3 Å². The standard InChI is InChI=1S/C14H16N2O4/c1-15-12-8-20-7-11(12)13(17)16(14(15)18)9-4-3-5-10(6-9)19-2/h3-6,11-12H,7-8H2,1-2H3. The number of rotatable bonds is 2. The van der Waals surface area contributed by atoms with Gasteiger partial charge in [-0.1, -0.05) is 6.07 Å². The highest BCUT2D eigenvalue weighted by atomic mass is 16.5. The largest absolute Gasteiger partial charge is 0.497 e. The second kappa shape index (κ2) is 4.79. The van der Waals surface area contributed by atoms with E-state index >= 15 is 0 Å². The number of benzene rings is 1. The number of urea groups is 1. The number of carbonyl (C=O) groups is 2. The van der Waals surface area contributed by atoms with Gasteiger partial charge in [0, 0.05) is 13.1 Å². The van der Waals surface area contributed by atoms with Gasteiger partial charge in [0.15, 0.2) is 0 Å². The van der Waals surface area contributed by atoms with Crippen LogP contribution < -0.4 is 9.64 Å². The van der Waals surface area contributed by atoms with Gasteiger partial charge in [-0.15, -0.1) is 0 Å². The highest BCUT2D eigenvalue weighted by Crippen LogP contribution is 2.31. The van der Waals surface area contributed by atoms with E-state index in [0.717, 1.165) is 0 Å². The molecule has 0 N–H and O–H groups in total. The molecule has 2 unspecified atom stereocenters. The SMILES string of the molecule is COc1cccc(N2C(=O)C3COCC3N(C)C2=O)c1. The van der Waals surface area contributed by atoms with Gasteiger partial charge >= 0.3 is 6.03 Å². The van der Waals surface area contributed by atoms with Crippen molar-refractivity contribution >= 4 is 17.6 Å². The summed E-state index contributed by atoms with van der Waals surface area (Å²) in [5.41, 5.74) is 0.525. The molecule has 106 valence electrons. The Bertz CT molecular complexity index is 560. The summed E-state index contributed by atoms with van der Waals surface area (Å²) in [6.07, 6.45) is 0. The number of amides is 3. The zero-order valence-electron chi connectivity index (χ0n) is 11.4. The molecule has 2 atom stereocenters. The maximum absolute atomic E-state index is 12.5. The number of ether oxygens (including phenoxy) is 2. The molecule has 2 heterocycles. The van der Waals surface area contributed by atoms with Crippen LogP contribution >= 0.6 is 0 Å². The summed E-state index contributed by atoms with van der Waals surface area (Å²) in [4.78, 5) is 27.7. The van der Waals surface area contributed by atoms with Crippen LogP contribution in [-0.2, 0) is 9.53 Å². The van der Waals surface area contributed by atoms with E-state index in [-0.39, 0.29) is 23.9 Å². The maximum atomic E-state index is 12.5. The Labute approximate surface area is 116 Å². The molecule has 2 fully saturated rings. The molecule has 0 radical (unpaired) electrons. The third-order valence-corrected chi connectivity index (χ3v) is 3.89. The molecule has 0 spiro atoms. The van der Waals surface area contributed by atoms with Crippen LogP contribution in [0.1, 0.15) is 0 Å². The van der Waals surface area contributed by atoms with Crippen molar-refractivity contribution in [2.24, 2.45) is 5.92 Å². The molecule has 1 aromatic carbocycles. The van der Waals surface area contributed by atoms with Crippen LogP contribution in [-0.4, -0.2) is 50.3 Å². The van der Waals surface area contributed by atoms with Gasteiger partial charge < -0.3 is 14.4 Å². The van der Waals surface area contributed by atoms with Crippen LogP contribution in [0.4, 0.5) is 10.5 Å².